The van der Waals surface area contributed by atoms with Gasteiger partial charge in [0.05, 0.1) is 11.1 Å². The highest BCUT2D eigenvalue weighted by Gasteiger charge is 2.34. The molecular formula is C23H21NS2. The van der Waals surface area contributed by atoms with E-state index < -0.39 is 0 Å². The van der Waals surface area contributed by atoms with Gasteiger partial charge in [-0.25, -0.2) is 4.98 Å². The highest BCUT2D eigenvalue weighted by atomic mass is 32.1. The van der Waals surface area contributed by atoms with Crippen molar-refractivity contribution in [1.82, 2.24) is 4.98 Å². The van der Waals surface area contributed by atoms with Crippen molar-refractivity contribution in [2.45, 2.75) is 25.7 Å². The first kappa shape index (κ1) is 17.2. The van der Waals surface area contributed by atoms with Gasteiger partial charge in [-0.1, -0.05) is 60.7 Å². The van der Waals surface area contributed by atoms with Crippen molar-refractivity contribution in [2.24, 2.45) is 0 Å². The van der Waals surface area contributed by atoms with E-state index in [1.54, 1.807) is 11.3 Å². The number of rotatable bonds is 5. The van der Waals surface area contributed by atoms with Gasteiger partial charge in [-0.15, -0.1) is 22.7 Å². The molecule has 0 aliphatic carbocycles. The van der Waals surface area contributed by atoms with Crippen LogP contribution in [0.25, 0.3) is 11.3 Å². The minimum atomic E-state index is -0.113. The summed E-state index contributed by atoms with van der Waals surface area (Å²) >= 11 is 3.65. The van der Waals surface area contributed by atoms with Gasteiger partial charge in [0.1, 0.15) is 5.01 Å². The quantitative estimate of drug-likeness (QED) is 0.377. The Kier molecular flexibility index (Phi) is 4.75. The van der Waals surface area contributed by atoms with Crippen LogP contribution in [0, 0.1) is 6.92 Å². The van der Waals surface area contributed by atoms with E-state index in [1.807, 2.05) is 17.4 Å². The average Bonchev–Trinajstić information content (AvgIpc) is 3.33. The standard InChI is InChI=1S/C23H21NS2/c1-17-13-14-21(26-17)23(2,15-18-9-5-3-6-10-18)22-24-20(16-25-22)19-11-7-4-8-12-19/h3-14,16H,15H2,1-2H3. The molecule has 3 heteroatoms. The molecule has 0 fully saturated rings. The third kappa shape index (κ3) is 3.37. The molecule has 26 heavy (non-hydrogen) atoms. The van der Waals surface area contributed by atoms with Gasteiger partial charge in [0, 0.05) is 20.7 Å². The molecule has 0 spiro atoms. The predicted octanol–water partition coefficient (Wildman–Crippen LogP) is 6.73. The number of hydrogen-bond acceptors (Lipinski definition) is 3. The third-order valence-corrected chi connectivity index (χ3v) is 7.10. The van der Waals surface area contributed by atoms with Crippen molar-refractivity contribution in [3.63, 3.8) is 0 Å². The summed E-state index contributed by atoms with van der Waals surface area (Å²) in [7, 11) is 0. The van der Waals surface area contributed by atoms with Gasteiger partial charge in [0.15, 0.2) is 0 Å². The third-order valence-electron chi connectivity index (χ3n) is 4.73. The van der Waals surface area contributed by atoms with E-state index in [4.69, 9.17) is 4.98 Å². The van der Waals surface area contributed by atoms with Gasteiger partial charge in [0.25, 0.3) is 0 Å². The van der Waals surface area contributed by atoms with Crippen LogP contribution in [0.1, 0.15) is 27.2 Å². The maximum absolute atomic E-state index is 5.06. The Morgan fingerprint density at radius 3 is 2.23 bits per heavy atom. The zero-order chi connectivity index (χ0) is 18.0. The molecule has 2 aromatic carbocycles. The molecule has 4 rings (SSSR count). The van der Waals surface area contributed by atoms with Crippen LogP contribution < -0.4 is 0 Å². The molecule has 0 saturated heterocycles. The topological polar surface area (TPSA) is 12.9 Å². The lowest BCUT2D eigenvalue weighted by Crippen LogP contribution is -2.25. The first-order valence-corrected chi connectivity index (χ1v) is 10.5. The van der Waals surface area contributed by atoms with E-state index in [1.165, 1.54) is 25.9 Å². The Labute approximate surface area is 163 Å². The predicted molar refractivity (Wildman–Crippen MR) is 113 cm³/mol. The summed E-state index contributed by atoms with van der Waals surface area (Å²) in [5.74, 6) is 0. The van der Waals surface area contributed by atoms with Gasteiger partial charge in [-0.05, 0) is 38.0 Å². The van der Waals surface area contributed by atoms with Crippen molar-refractivity contribution in [2.75, 3.05) is 0 Å². The molecule has 2 heterocycles. The number of aromatic nitrogens is 1. The fraction of sp³-hybridized carbons (Fsp3) is 0.174. The summed E-state index contributed by atoms with van der Waals surface area (Å²) in [5, 5.41) is 3.37. The van der Waals surface area contributed by atoms with Crippen LogP contribution in [-0.4, -0.2) is 4.98 Å². The molecule has 0 aliphatic rings. The molecule has 0 radical (unpaired) electrons. The van der Waals surface area contributed by atoms with E-state index in [-0.39, 0.29) is 5.41 Å². The number of benzene rings is 2. The minimum absolute atomic E-state index is 0.113. The number of thiazole rings is 1. The summed E-state index contributed by atoms with van der Waals surface area (Å²) in [6.45, 7) is 4.51. The van der Waals surface area contributed by atoms with E-state index in [0.717, 1.165) is 12.1 Å². The Balaban J connectivity index is 1.77. The summed E-state index contributed by atoms with van der Waals surface area (Å²) < 4.78 is 0. The molecule has 1 nitrogen and oxygen atoms in total. The van der Waals surface area contributed by atoms with Crippen molar-refractivity contribution >= 4 is 22.7 Å². The van der Waals surface area contributed by atoms with E-state index >= 15 is 0 Å². The molecule has 1 unspecified atom stereocenters. The normalized spacial score (nSPS) is 13.5. The first-order chi connectivity index (χ1) is 12.6. The van der Waals surface area contributed by atoms with Crippen LogP contribution in [0.15, 0.2) is 78.2 Å². The lowest BCUT2D eigenvalue weighted by molar-refractivity contribution is 0.575. The van der Waals surface area contributed by atoms with Gasteiger partial charge < -0.3 is 0 Å². The van der Waals surface area contributed by atoms with Gasteiger partial charge >= 0.3 is 0 Å². The first-order valence-electron chi connectivity index (χ1n) is 8.77. The Hall–Kier alpha value is -2.23. The highest BCUT2D eigenvalue weighted by molar-refractivity contribution is 7.13. The molecule has 0 N–H and O–H groups in total. The van der Waals surface area contributed by atoms with E-state index in [9.17, 15) is 0 Å². The SMILES string of the molecule is Cc1ccc(C(C)(Cc2ccccc2)c2nc(-c3ccccc3)cs2)s1. The smallest absolute Gasteiger partial charge is 0.105 e. The molecular weight excluding hydrogens is 354 g/mol. The summed E-state index contributed by atoms with van der Waals surface area (Å²) in [6.07, 6.45) is 0.954. The van der Waals surface area contributed by atoms with Crippen molar-refractivity contribution in [3.05, 3.63) is 98.5 Å². The van der Waals surface area contributed by atoms with Crippen molar-refractivity contribution in [1.29, 1.82) is 0 Å². The van der Waals surface area contributed by atoms with Gasteiger partial charge in [-0.3, -0.25) is 0 Å². The zero-order valence-electron chi connectivity index (χ0n) is 15.0. The van der Waals surface area contributed by atoms with Crippen LogP contribution in [0.4, 0.5) is 0 Å². The second kappa shape index (κ2) is 7.18. The minimum Gasteiger partial charge on any atom is -0.240 e. The molecule has 0 bridgehead atoms. The molecule has 0 aliphatic heterocycles. The number of aryl methyl sites for hydroxylation is 1. The second-order valence-corrected chi connectivity index (χ2v) is 8.95. The molecule has 1 atom stereocenters. The largest absolute Gasteiger partial charge is 0.240 e. The monoisotopic (exact) mass is 375 g/mol. The summed E-state index contributed by atoms with van der Waals surface area (Å²) in [5.41, 5.74) is 3.48. The van der Waals surface area contributed by atoms with Crippen LogP contribution in [0.2, 0.25) is 0 Å². The van der Waals surface area contributed by atoms with Crippen molar-refractivity contribution < 1.29 is 0 Å². The Morgan fingerprint density at radius 2 is 1.58 bits per heavy atom. The summed E-state index contributed by atoms with van der Waals surface area (Å²) in [6, 6.07) is 25.7. The zero-order valence-corrected chi connectivity index (χ0v) is 16.6. The van der Waals surface area contributed by atoms with Crippen molar-refractivity contribution in [3.8, 4) is 11.3 Å². The Bertz CT molecular complexity index is 985. The van der Waals surface area contributed by atoms with Crippen LogP contribution in [0.3, 0.4) is 0 Å². The maximum atomic E-state index is 5.06. The lowest BCUT2D eigenvalue weighted by atomic mass is 9.82. The van der Waals surface area contributed by atoms with Gasteiger partial charge in [-0.2, -0.15) is 0 Å². The van der Waals surface area contributed by atoms with Gasteiger partial charge in [0.2, 0.25) is 0 Å². The van der Waals surface area contributed by atoms with Crippen LogP contribution in [0.5, 0.6) is 0 Å². The molecule has 2 aromatic heterocycles. The number of hydrogen-bond donors (Lipinski definition) is 0. The molecule has 0 saturated carbocycles. The average molecular weight is 376 g/mol. The van der Waals surface area contributed by atoms with Crippen LogP contribution >= 0.6 is 22.7 Å². The molecule has 4 aromatic rings. The maximum Gasteiger partial charge on any atom is 0.105 e. The molecule has 0 amide bonds. The second-order valence-electron chi connectivity index (χ2n) is 6.81. The summed E-state index contributed by atoms with van der Waals surface area (Å²) in [4.78, 5) is 7.79. The van der Waals surface area contributed by atoms with E-state index in [0.29, 0.717) is 0 Å². The highest BCUT2D eigenvalue weighted by Crippen LogP contribution is 2.41. The fourth-order valence-electron chi connectivity index (χ4n) is 3.27. The van der Waals surface area contributed by atoms with Crippen LogP contribution in [-0.2, 0) is 11.8 Å². The number of nitrogens with zero attached hydrogens (tertiary/aromatic N) is 1. The van der Waals surface area contributed by atoms with E-state index in [2.05, 4.69) is 86.0 Å². The lowest BCUT2D eigenvalue weighted by Gasteiger charge is -2.26. The Morgan fingerprint density at radius 1 is 0.885 bits per heavy atom. The fourth-order valence-corrected chi connectivity index (χ4v) is 5.36. The molecule has 130 valence electrons. The number of thiophene rings is 1.